The van der Waals surface area contributed by atoms with Gasteiger partial charge in [-0.25, -0.2) is 0 Å². The van der Waals surface area contributed by atoms with Gasteiger partial charge in [0.25, 0.3) is 5.69 Å². The van der Waals surface area contributed by atoms with Gasteiger partial charge in [-0.05, 0) is 23.1 Å². The molecule has 1 N–H and O–H groups in total. The second-order valence-electron chi connectivity index (χ2n) is 3.58. The predicted octanol–water partition coefficient (Wildman–Crippen LogP) is 3.99. The molecule has 18 heavy (non-hydrogen) atoms. The molecule has 0 aliphatic rings. The number of nitro groups is 1. The zero-order valence-electron chi connectivity index (χ0n) is 9.75. The van der Waals surface area contributed by atoms with Gasteiger partial charge < -0.3 is 5.32 Å². The number of thiophene rings is 1. The quantitative estimate of drug-likeness (QED) is 0.511. The molecular weight excluding hydrogens is 268 g/mol. The largest absolute Gasteiger partial charge is 0.383 e. The van der Waals surface area contributed by atoms with E-state index in [1.807, 2.05) is 17.5 Å². The molecule has 2 rings (SSSR count). The molecule has 0 fully saturated rings. The summed E-state index contributed by atoms with van der Waals surface area (Å²) in [6.07, 6.45) is 0. The van der Waals surface area contributed by atoms with Crippen LogP contribution in [0.1, 0.15) is 5.56 Å². The molecule has 0 unspecified atom stereocenters. The minimum atomic E-state index is -0.373. The normalized spacial score (nSPS) is 10.3. The Bertz CT molecular complexity index is 541. The lowest BCUT2D eigenvalue weighted by molar-refractivity contribution is -0.383. The van der Waals surface area contributed by atoms with Crippen LogP contribution >= 0.6 is 23.1 Å². The van der Waals surface area contributed by atoms with E-state index >= 15 is 0 Å². The Labute approximate surface area is 113 Å². The van der Waals surface area contributed by atoms with Crippen molar-refractivity contribution in [3.8, 4) is 0 Å². The molecule has 0 bridgehead atoms. The summed E-state index contributed by atoms with van der Waals surface area (Å²) in [7, 11) is 1.69. The summed E-state index contributed by atoms with van der Waals surface area (Å²) in [4.78, 5) is 10.4. The highest BCUT2D eigenvalue weighted by Gasteiger charge is 2.12. The third-order valence-electron chi connectivity index (χ3n) is 2.40. The molecule has 0 radical (unpaired) electrons. The lowest BCUT2D eigenvalue weighted by atomic mass is 10.2. The number of thioether (sulfide) groups is 1. The summed E-state index contributed by atoms with van der Waals surface area (Å²) in [5, 5.41) is 15.7. The van der Waals surface area contributed by atoms with E-state index < -0.39 is 0 Å². The summed E-state index contributed by atoms with van der Waals surface area (Å²) in [6, 6.07) is 9.27. The first kappa shape index (κ1) is 12.9. The second kappa shape index (κ2) is 5.88. The summed E-state index contributed by atoms with van der Waals surface area (Å²) >= 11 is 3.43. The minimum Gasteiger partial charge on any atom is -0.383 e. The second-order valence-corrected chi connectivity index (χ2v) is 5.80. The van der Waals surface area contributed by atoms with E-state index in [4.69, 9.17) is 0 Å². The highest BCUT2D eigenvalue weighted by Crippen LogP contribution is 2.30. The standard InChI is InChI=1S/C12H12N2O2S2/c1-13-10-7-9(4-5-11(10)14(15)16)8-18-12-3-2-6-17-12/h2-7,13H,8H2,1H3. The molecule has 1 heterocycles. The number of nitrogens with one attached hydrogen (secondary N) is 1. The third-order valence-corrected chi connectivity index (χ3v) is 4.61. The van der Waals surface area contributed by atoms with E-state index in [-0.39, 0.29) is 10.6 Å². The summed E-state index contributed by atoms with van der Waals surface area (Å²) in [5.41, 5.74) is 1.75. The molecule has 0 aliphatic heterocycles. The maximum atomic E-state index is 10.8. The molecule has 0 saturated carbocycles. The van der Waals surface area contributed by atoms with Crippen molar-refractivity contribution in [1.29, 1.82) is 0 Å². The minimum absolute atomic E-state index is 0.113. The fourth-order valence-corrected chi connectivity index (χ4v) is 3.26. The SMILES string of the molecule is CNc1cc(CSc2cccs2)ccc1[N+](=O)[O-]. The number of anilines is 1. The smallest absolute Gasteiger partial charge is 0.292 e. The van der Waals surface area contributed by atoms with Gasteiger partial charge in [0, 0.05) is 18.9 Å². The molecule has 0 amide bonds. The van der Waals surface area contributed by atoms with Crippen molar-refractivity contribution in [2.24, 2.45) is 0 Å². The van der Waals surface area contributed by atoms with Crippen LogP contribution in [-0.2, 0) is 5.75 Å². The Kier molecular flexibility index (Phi) is 4.22. The van der Waals surface area contributed by atoms with Gasteiger partial charge in [0.15, 0.2) is 0 Å². The van der Waals surface area contributed by atoms with Crippen molar-refractivity contribution in [3.63, 3.8) is 0 Å². The first-order chi connectivity index (χ1) is 8.70. The average molecular weight is 280 g/mol. The molecule has 0 aliphatic carbocycles. The van der Waals surface area contributed by atoms with E-state index in [1.54, 1.807) is 42.3 Å². The van der Waals surface area contributed by atoms with Crippen LogP contribution in [0.15, 0.2) is 39.9 Å². The van der Waals surface area contributed by atoms with Crippen LogP contribution in [0.5, 0.6) is 0 Å². The maximum absolute atomic E-state index is 10.8. The van der Waals surface area contributed by atoms with Gasteiger partial charge >= 0.3 is 0 Å². The molecule has 4 nitrogen and oxygen atoms in total. The maximum Gasteiger partial charge on any atom is 0.292 e. The monoisotopic (exact) mass is 280 g/mol. The summed E-state index contributed by atoms with van der Waals surface area (Å²) in [5.74, 6) is 0.813. The van der Waals surface area contributed by atoms with Gasteiger partial charge in [-0.15, -0.1) is 23.1 Å². The van der Waals surface area contributed by atoms with Gasteiger partial charge in [0.2, 0.25) is 0 Å². The first-order valence-electron chi connectivity index (χ1n) is 5.32. The Morgan fingerprint density at radius 3 is 2.89 bits per heavy atom. The number of benzene rings is 1. The molecule has 6 heteroatoms. The van der Waals surface area contributed by atoms with Gasteiger partial charge in [-0.3, -0.25) is 10.1 Å². The van der Waals surface area contributed by atoms with Gasteiger partial charge in [0.05, 0.1) is 9.13 Å². The summed E-state index contributed by atoms with van der Waals surface area (Å²) in [6.45, 7) is 0. The van der Waals surface area contributed by atoms with E-state index in [9.17, 15) is 10.1 Å². The van der Waals surface area contributed by atoms with Gasteiger partial charge in [-0.2, -0.15) is 0 Å². The lowest BCUT2D eigenvalue weighted by Crippen LogP contribution is -1.97. The third kappa shape index (κ3) is 3.02. The van der Waals surface area contributed by atoms with Crippen molar-refractivity contribution >= 4 is 34.5 Å². The highest BCUT2D eigenvalue weighted by atomic mass is 32.2. The van der Waals surface area contributed by atoms with Crippen molar-refractivity contribution < 1.29 is 4.92 Å². The fourth-order valence-electron chi connectivity index (χ4n) is 1.53. The van der Waals surface area contributed by atoms with Crippen LogP contribution in [-0.4, -0.2) is 12.0 Å². The number of hydrogen-bond acceptors (Lipinski definition) is 5. The van der Waals surface area contributed by atoms with E-state index in [2.05, 4.69) is 11.4 Å². The molecule has 1 aromatic carbocycles. The predicted molar refractivity (Wildman–Crippen MR) is 76.5 cm³/mol. The zero-order valence-corrected chi connectivity index (χ0v) is 11.4. The van der Waals surface area contributed by atoms with Crippen LogP contribution < -0.4 is 5.32 Å². The van der Waals surface area contributed by atoms with E-state index in [1.165, 1.54) is 4.21 Å². The number of nitro benzene ring substituents is 1. The molecular formula is C12H12N2O2S2. The fraction of sp³-hybridized carbons (Fsp3) is 0.167. The average Bonchev–Trinajstić information content (AvgIpc) is 2.88. The van der Waals surface area contributed by atoms with E-state index in [0.717, 1.165) is 11.3 Å². The van der Waals surface area contributed by atoms with Crippen LogP contribution in [0.3, 0.4) is 0 Å². The number of hydrogen-bond donors (Lipinski definition) is 1. The lowest BCUT2D eigenvalue weighted by Gasteiger charge is -2.05. The summed E-state index contributed by atoms with van der Waals surface area (Å²) < 4.78 is 1.25. The Hall–Kier alpha value is -1.53. The highest BCUT2D eigenvalue weighted by molar-refractivity contribution is 8.00. The van der Waals surface area contributed by atoms with Crippen LogP contribution in [0.25, 0.3) is 0 Å². The Balaban J connectivity index is 2.12. The zero-order chi connectivity index (χ0) is 13.0. The van der Waals surface area contributed by atoms with Crippen molar-refractivity contribution in [1.82, 2.24) is 0 Å². The van der Waals surface area contributed by atoms with Crippen molar-refractivity contribution in [2.75, 3.05) is 12.4 Å². The Morgan fingerprint density at radius 1 is 1.44 bits per heavy atom. The van der Waals surface area contributed by atoms with Gasteiger partial charge in [0.1, 0.15) is 5.69 Å². The molecule has 0 atom stereocenters. The van der Waals surface area contributed by atoms with Crippen LogP contribution in [0.2, 0.25) is 0 Å². The molecule has 0 saturated heterocycles. The van der Waals surface area contributed by atoms with E-state index in [0.29, 0.717) is 5.69 Å². The number of rotatable bonds is 5. The molecule has 1 aromatic heterocycles. The Morgan fingerprint density at radius 2 is 2.28 bits per heavy atom. The molecule has 2 aromatic rings. The number of nitrogens with zero attached hydrogens (tertiary/aromatic N) is 1. The topological polar surface area (TPSA) is 55.2 Å². The van der Waals surface area contributed by atoms with Crippen molar-refractivity contribution in [2.45, 2.75) is 9.96 Å². The van der Waals surface area contributed by atoms with Gasteiger partial charge in [-0.1, -0.05) is 12.1 Å². The van der Waals surface area contributed by atoms with Crippen LogP contribution in [0, 0.1) is 10.1 Å². The van der Waals surface area contributed by atoms with Crippen LogP contribution in [0.4, 0.5) is 11.4 Å². The molecule has 94 valence electrons. The van der Waals surface area contributed by atoms with Crippen molar-refractivity contribution in [3.05, 3.63) is 51.4 Å². The molecule has 0 spiro atoms. The first-order valence-corrected chi connectivity index (χ1v) is 7.18.